The van der Waals surface area contributed by atoms with E-state index in [0.29, 0.717) is 12.8 Å². The van der Waals surface area contributed by atoms with Gasteiger partial charge in [-0.05, 0) is 45.7 Å². The highest BCUT2D eigenvalue weighted by molar-refractivity contribution is 4.64. The lowest BCUT2D eigenvalue weighted by Crippen LogP contribution is -2.12. The van der Waals surface area contributed by atoms with E-state index in [1.54, 1.807) is 83.1 Å². The van der Waals surface area contributed by atoms with Crippen molar-refractivity contribution in [1.82, 2.24) is 0 Å². The zero-order valence-electron chi connectivity index (χ0n) is 59.4. The highest BCUT2D eigenvalue weighted by atomic mass is 14.2. The van der Waals surface area contributed by atoms with Crippen molar-refractivity contribution in [1.29, 1.82) is 0 Å². The Bertz CT molecular complexity index is 871. The topological polar surface area (TPSA) is 0 Å². The van der Waals surface area contributed by atoms with Crippen molar-refractivity contribution in [3.8, 4) is 0 Å². The summed E-state index contributed by atoms with van der Waals surface area (Å²) in [6.07, 6.45) is -9.08. The first-order valence-electron chi connectivity index (χ1n) is 27.9. The van der Waals surface area contributed by atoms with E-state index >= 15 is 0 Å². The maximum atomic E-state index is 7.58. The van der Waals surface area contributed by atoms with Gasteiger partial charge in [-0.25, -0.2) is 0 Å². The fourth-order valence-corrected chi connectivity index (χ4v) is 0. The molecule has 0 bridgehead atoms. The van der Waals surface area contributed by atoms with Crippen LogP contribution in [0.2, 0.25) is 0 Å². The van der Waals surface area contributed by atoms with Crippen LogP contribution in [0.1, 0.15) is 293 Å². The molecule has 0 amide bonds. The SMILES string of the molecule is [2H]C(C)(C)C(C)(C)C.[2H]C(C)(C)C([2H])(C)C.[2H]C([2H])(C)C(C)(C)C.[2H]C([2H])(C)C(C)(C)C.[2H]C([2H])(C)C([2H])(C)C.[2H]C([2H])(C)C([2H])(C)C.[2H]C([2H])(C)C([2H])([2H])C.[2H]C([2H])(C)CC.[2H]C([2H])(C)CC. The third kappa shape index (κ3) is 168. The Morgan fingerprint density at radius 2 is 0.532 bits per heavy atom. The van der Waals surface area contributed by atoms with E-state index in [1.807, 2.05) is 69.2 Å². The molecule has 0 nitrogen and oxygen atoms in total. The van der Waals surface area contributed by atoms with Crippen LogP contribution in [0.5, 0.6) is 0 Å². The Kier molecular flexibility index (Phi) is 30.6. The van der Waals surface area contributed by atoms with Gasteiger partial charge in [-0.1, -0.05) is 265 Å². The largest absolute Gasteiger partial charge is 0.0654 e. The summed E-state index contributed by atoms with van der Waals surface area (Å²) >= 11 is 0. The van der Waals surface area contributed by atoms with Gasteiger partial charge >= 0.3 is 0 Å². The van der Waals surface area contributed by atoms with E-state index in [4.69, 9.17) is 28.8 Å². The molecule has 0 aliphatic carbocycles. The fraction of sp³-hybridized carbons (Fsp3) is 1.00. The second kappa shape index (κ2) is 50.4. The van der Waals surface area contributed by atoms with Gasteiger partial charge in [0.25, 0.3) is 0 Å². The van der Waals surface area contributed by atoms with E-state index in [-0.39, 0.29) is 22.1 Å². The summed E-state index contributed by atoms with van der Waals surface area (Å²) in [5.74, 6) is -3.56. The molecule has 0 aromatic heterocycles. The van der Waals surface area contributed by atoms with Crippen molar-refractivity contribution in [2.45, 2.75) is 265 Å². The van der Waals surface area contributed by atoms with Crippen molar-refractivity contribution in [3.05, 3.63) is 0 Å². The lowest BCUT2D eigenvalue weighted by Gasteiger charge is -2.22. The molecule has 0 N–H and O–H groups in total. The first-order valence-corrected chi connectivity index (χ1v) is 17.4. The molecule has 0 saturated heterocycles. The fourth-order valence-electron chi connectivity index (χ4n) is 0. The minimum atomic E-state index is -1.73. The Morgan fingerprint density at radius 1 is 0.404 bits per heavy atom. The molecule has 0 unspecified atom stereocenters. The molecule has 0 fully saturated rings. The quantitative estimate of drug-likeness (QED) is 0.259. The lowest BCUT2D eigenvalue weighted by atomic mass is 9.84. The van der Waals surface area contributed by atoms with Crippen molar-refractivity contribution in [3.63, 3.8) is 0 Å². The molecule has 0 radical (unpaired) electrons. The molecule has 0 rings (SSSR count). The Labute approximate surface area is 339 Å². The van der Waals surface area contributed by atoms with Gasteiger partial charge in [0.15, 0.2) is 0 Å². The van der Waals surface area contributed by atoms with Gasteiger partial charge in [-0.3, -0.25) is 0 Å². The minimum absolute atomic E-state index is 0.104. The van der Waals surface area contributed by atoms with Gasteiger partial charge in [-0.15, -0.1) is 0 Å². The summed E-state index contributed by atoms with van der Waals surface area (Å²) < 4.78 is 149. The molecule has 0 atom stereocenters. The molecule has 0 aliphatic heterocycles. The Balaban J connectivity index is -0.0000000824. The maximum Gasteiger partial charge on any atom is 0.0302 e. The first-order chi connectivity index (χ1) is 27.9. The van der Waals surface area contributed by atoms with Crippen molar-refractivity contribution in [2.75, 3.05) is 0 Å². The van der Waals surface area contributed by atoms with E-state index in [0.717, 1.165) is 0 Å². The molecular formula is C47H112. The van der Waals surface area contributed by atoms with Gasteiger partial charge < -0.3 is 0 Å². The summed E-state index contributed by atoms with van der Waals surface area (Å²) in [5.41, 5.74) is -0.354. The van der Waals surface area contributed by atoms with E-state index in [9.17, 15) is 0 Å². The summed E-state index contributed by atoms with van der Waals surface area (Å²) in [5, 5.41) is 0. The lowest BCUT2D eigenvalue weighted by molar-refractivity contribution is 0.283. The Hall–Kier alpha value is 0. The zero-order valence-corrected chi connectivity index (χ0v) is 38.4. The van der Waals surface area contributed by atoms with Crippen LogP contribution in [-0.4, -0.2) is 0 Å². The molecule has 0 heterocycles. The van der Waals surface area contributed by atoms with Crippen molar-refractivity contribution in [2.24, 2.45) is 45.7 Å². The molecule has 0 aliphatic rings. The predicted molar refractivity (Wildman–Crippen MR) is 235 cm³/mol. The van der Waals surface area contributed by atoms with Crippen LogP contribution in [0.3, 0.4) is 0 Å². The third-order valence-electron chi connectivity index (χ3n) is 5.96. The highest BCUT2D eigenvalue weighted by Gasteiger charge is 2.13. The molecule has 300 valence electrons. The monoisotopic (exact) mass is 698 g/mol. The molecule has 47 heavy (non-hydrogen) atoms. The molecule has 0 aromatic rings. The first kappa shape index (κ1) is 28.6. The van der Waals surface area contributed by atoms with Gasteiger partial charge in [0.05, 0.1) is 0 Å². The standard InChI is InChI=1S/C7H16.3C6H14.2C5H12.3C4H10/c1-6(2)7(3,4)5;2*1-5-6(2,3)4;1-5(2)6(3)4;2*1-4-5(2)3;3*1-3-4-2/h6H,1-5H3;2*5H2,1-4H3;5-6H,1-4H3;2*5H,4H2,1-3H3;3*3-4H2,1-2H3/i6D;2*5D2;5D,6D;2*4D2,5D;3D2,4D2;2*3D2. The predicted octanol–water partition coefficient (Wildman–Crippen LogP) is 19.4. The molecule has 0 heteroatoms. The van der Waals surface area contributed by atoms with Crippen LogP contribution in [0.4, 0.5) is 0 Å². The van der Waals surface area contributed by atoms with Crippen LogP contribution in [0.25, 0.3) is 0 Å². The molecule has 0 aromatic carbocycles. The second-order valence-corrected chi connectivity index (χ2v) is 14.7. The van der Waals surface area contributed by atoms with Crippen molar-refractivity contribution < 1.29 is 28.8 Å². The average molecular weight is 699 g/mol. The number of hydrogen-bond donors (Lipinski definition) is 0. The second-order valence-electron chi connectivity index (χ2n) is 14.7. The van der Waals surface area contributed by atoms with E-state index < -0.39 is 74.6 Å². The van der Waals surface area contributed by atoms with Crippen LogP contribution in [0.15, 0.2) is 0 Å². The number of rotatable bonds is 6. The molecular weight excluding hydrogens is 565 g/mol. The van der Waals surface area contributed by atoms with Crippen molar-refractivity contribution >= 4 is 0 Å². The van der Waals surface area contributed by atoms with Gasteiger partial charge in [0.1, 0.15) is 0 Å². The highest BCUT2D eigenvalue weighted by Crippen LogP contribution is 2.23. The summed E-state index contributed by atoms with van der Waals surface area (Å²) in [6.45, 7) is 50.1. The van der Waals surface area contributed by atoms with E-state index in [2.05, 4.69) is 20.8 Å². The smallest absolute Gasteiger partial charge is 0.0302 e. The maximum absolute atomic E-state index is 7.58. The van der Waals surface area contributed by atoms with Crippen LogP contribution < -0.4 is 0 Å². The molecule has 0 spiro atoms. The minimum Gasteiger partial charge on any atom is -0.0654 e. The van der Waals surface area contributed by atoms with Gasteiger partial charge in [-0.2, -0.15) is 0 Å². The number of hydrogen-bond acceptors (Lipinski definition) is 0. The van der Waals surface area contributed by atoms with E-state index in [1.165, 1.54) is 27.7 Å². The molecule has 0 saturated carbocycles. The third-order valence-corrected chi connectivity index (χ3v) is 5.96. The van der Waals surface area contributed by atoms with Crippen LogP contribution in [0, 0.1) is 45.7 Å². The van der Waals surface area contributed by atoms with Crippen LogP contribution in [-0.2, 0) is 0 Å². The summed E-state index contributed by atoms with van der Waals surface area (Å²) in [4.78, 5) is 0. The van der Waals surface area contributed by atoms with Gasteiger partial charge in [0.2, 0.25) is 0 Å². The van der Waals surface area contributed by atoms with Gasteiger partial charge in [0, 0.05) is 28.8 Å². The average Bonchev–Trinajstić information content (AvgIpc) is 2.92. The van der Waals surface area contributed by atoms with Crippen LogP contribution >= 0.6 is 0 Å². The zero-order chi connectivity index (χ0) is 59.4. The Morgan fingerprint density at radius 3 is 0.532 bits per heavy atom. The normalized spacial score (nSPS) is 20.5. The summed E-state index contributed by atoms with van der Waals surface area (Å²) in [6, 6.07) is 0. The summed E-state index contributed by atoms with van der Waals surface area (Å²) in [7, 11) is 0.